The first kappa shape index (κ1) is 39.0. The third kappa shape index (κ3) is 12.2. The number of benzene rings is 2. The molecule has 0 saturated carbocycles. The fourth-order valence-corrected chi connectivity index (χ4v) is 4.75. The molecule has 5 rings (SSSR count). The Morgan fingerprint density at radius 3 is 2.10 bits per heavy atom. The van der Waals surface area contributed by atoms with Crippen LogP contribution in [0, 0.1) is 17.9 Å². The van der Waals surface area contributed by atoms with E-state index in [-0.39, 0.29) is 22.5 Å². The van der Waals surface area contributed by atoms with Gasteiger partial charge in [0.2, 0.25) is 0 Å². The molecule has 4 N–H and O–H groups in total. The molecule has 0 fully saturated rings. The van der Waals surface area contributed by atoms with Gasteiger partial charge in [-0.1, -0.05) is 58.4 Å². The van der Waals surface area contributed by atoms with Crippen LogP contribution < -0.4 is 16.4 Å². The van der Waals surface area contributed by atoms with Crippen molar-refractivity contribution in [3.05, 3.63) is 124 Å². The topological polar surface area (TPSA) is 134 Å². The van der Waals surface area contributed by atoms with E-state index in [2.05, 4.69) is 58.6 Å². The summed E-state index contributed by atoms with van der Waals surface area (Å²) in [6.07, 6.45) is -8.96. The highest BCUT2D eigenvalue weighted by atomic mass is 79.9. The van der Waals surface area contributed by atoms with Crippen LogP contribution >= 0.6 is 39.5 Å². The van der Waals surface area contributed by atoms with Crippen LogP contribution in [0.1, 0.15) is 27.3 Å². The van der Waals surface area contributed by atoms with Crippen LogP contribution in [0.2, 0.25) is 0 Å². The number of nitrogens with one attached hydrogen (secondary N) is 2. The van der Waals surface area contributed by atoms with Crippen molar-refractivity contribution in [2.24, 2.45) is 5.73 Å². The molecule has 50 heavy (non-hydrogen) atoms. The minimum atomic E-state index is -4.49. The molecule has 5 aromatic rings. The Bertz CT molecular complexity index is 2040. The standard InChI is InChI=1S/C16H9F3N4S.C9H6BrNO.C7H6F3N3S/c1-20-11-5-2-4-10(8-11)12-9-24-15(21-12)23-14-7-3-6-13(22-14)16(17,18)19;10-5-9(12)8-3-1-2-7(4-8)6-11;8-7(9,10)4-2-1-3-5(12-4)13-6(11)14/h2-9H,(H,21,22,23);1-4H,5H2;1-3H,(H3,11,12,13,14). The van der Waals surface area contributed by atoms with Crippen molar-refractivity contribution in [3.8, 4) is 17.3 Å². The van der Waals surface area contributed by atoms with Crippen LogP contribution in [-0.2, 0) is 12.4 Å². The molecule has 0 aliphatic rings. The van der Waals surface area contributed by atoms with Gasteiger partial charge in [-0.2, -0.15) is 31.6 Å². The summed E-state index contributed by atoms with van der Waals surface area (Å²) >= 11 is 8.77. The number of anilines is 3. The number of aromatic nitrogens is 3. The summed E-state index contributed by atoms with van der Waals surface area (Å²) in [5.41, 5.74) is 6.12. The number of halogens is 7. The Morgan fingerprint density at radius 1 is 0.920 bits per heavy atom. The van der Waals surface area contributed by atoms with Gasteiger partial charge in [-0.15, -0.1) is 11.3 Å². The van der Waals surface area contributed by atoms with Gasteiger partial charge in [0.05, 0.1) is 29.2 Å². The van der Waals surface area contributed by atoms with Crippen molar-refractivity contribution < 1.29 is 31.1 Å². The van der Waals surface area contributed by atoms with Gasteiger partial charge < -0.3 is 16.4 Å². The number of nitriles is 1. The number of nitrogens with zero attached hydrogens (tertiary/aromatic N) is 5. The molecule has 0 atom stereocenters. The zero-order valence-corrected chi connectivity index (χ0v) is 28.3. The smallest absolute Gasteiger partial charge is 0.376 e. The number of nitrogens with two attached hydrogens (primary N) is 1. The number of carbonyl (C=O) groups excluding carboxylic acids is 1. The fourth-order valence-electron chi connectivity index (χ4n) is 3.60. The Morgan fingerprint density at radius 2 is 1.52 bits per heavy atom. The van der Waals surface area contributed by atoms with Crippen LogP contribution in [0.3, 0.4) is 0 Å². The maximum Gasteiger partial charge on any atom is 0.433 e. The highest BCUT2D eigenvalue weighted by Gasteiger charge is 2.33. The van der Waals surface area contributed by atoms with E-state index in [1.807, 2.05) is 12.1 Å². The number of Topliss-reactive ketones (excluding diaryl/α,β-unsaturated/α-hetero) is 1. The molecule has 9 nitrogen and oxygen atoms in total. The Labute approximate surface area is 298 Å². The number of thiocarbonyl (C=S) groups is 1. The van der Waals surface area contributed by atoms with Gasteiger partial charge in [-0.05, 0) is 60.2 Å². The van der Waals surface area contributed by atoms with E-state index in [1.54, 1.807) is 47.8 Å². The van der Waals surface area contributed by atoms with Crippen molar-refractivity contribution in [3.63, 3.8) is 0 Å². The van der Waals surface area contributed by atoms with Gasteiger partial charge in [0.15, 0.2) is 21.7 Å². The average Bonchev–Trinajstić information content (AvgIpc) is 3.56. The lowest BCUT2D eigenvalue weighted by Crippen LogP contribution is -2.20. The van der Waals surface area contributed by atoms with E-state index < -0.39 is 23.7 Å². The van der Waals surface area contributed by atoms with Crippen LogP contribution in [0.25, 0.3) is 16.1 Å². The molecule has 18 heteroatoms. The van der Waals surface area contributed by atoms with E-state index in [9.17, 15) is 31.1 Å². The number of rotatable bonds is 6. The number of alkyl halides is 7. The van der Waals surface area contributed by atoms with E-state index >= 15 is 0 Å². The van der Waals surface area contributed by atoms with E-state index in [0.29, 0.717) is 33.0 Å². The monoisotopic (exact) mass is 790 g/mol. The Kier molecular flexibility index (Phi) is 13.9. The summed E-state index contributed by atoms with van der Waals surface area (Å²) in [6, 6.07) is 22.7. The summed E-state index contributed by atoms with van der Waals surface area (Å²) in [4.78, 5) is 25.6. The minimum absolute atomic E-state index is 0.00731. The van der Waals surface area contributed by atoms with Gasteiger partial charge in [0, 0.05) is 10.9 Å². The largest absolute Gasteiger partial charge is 0.433 e. The lowest BCUT2D eigenvalue weighted by Gasteiger charge is -2.07. The number of hydrogen-bond donors (Lipinski definition) is 3. The number of carbonyl (C=O) groups is 1. The van der Waals surface area contributed by atoms with Gasteiger partial charge in [-0.3, -0.25) is 4.79 Å². The van der Waals surface area contributed by atoms with Crippen molar-refractivity contribution in [2.45, 2.75) is 12.4 Å². The van der Waals surface area contributed by atoms with Crippen molar-refractivity contribution >= 4 is 72.8 Å². The third-order valence-corrected chi connectivity index (χ3v) is 7.14. The molecular weight excluding hydrogens is 770 g/mol. The van der Waals surface area contributed by atoms with E-state index in [0.717, 1.165) is 17.7 Å². The SMILES string of the molecule is N#Cc1cccc(C(=O)CBr)c1.NC(=S)Nc1cccc(C(F)(F)F)n1.[C-]#[N+]c1cccc(-c2csc(Nc3cccc(C(F)(F)F)n3)n2)c1. The third-order valence-electron chi connectivity index (χ3n) is 5.78. The van der Waals surface area contributed by atoms with Gasteiger partial charge in [-0.25, -0.2) is 19.8 Å². The van der Waals surface area contributed by atoms with Gasteiger partial charge in [0.1, 0.15) is 23.0 Å². The number of ketones is 1. The highest BCUT2D eigenvalue weighted by molar-refractivity contribution is 9.09. The van der Waals surface area contributed by atoms with Crippen molar-refractivity contribution in [2.75, 3.05) is 16.0 Å². The van der Waals surface area contributed by atoms with Crippen LogP contribution in [0.15, 0.2) is 90.3 Å². The molecule has 0 radical (unpaired) electrons. The van der Waals surface area contributed by atoms with Crippen molar-refractivity contribution in [1.82, 2.24) is 15.0 Å². The fraction of sp³-hybridized carbons (Fsp3) is 0.0938. The molecular formula is C32H21BrF6N8OS2. The quantitative estimate of drug-likeness (QED) is 0.0506. The second-order valence-electron chi connectivity index (χ2n) is 9.38. The predicted octanol–water partition coefficient (Wildman–Crippen LogP) is 9.41. The summed E-state index contributed by atoms with van der Waals surface area (Å²) < 4.78 is 74.5. The van der Waals surface area contributed by atoms with Crippen LogP contribution in [0.4, 0.5) is 48.8 Å². The number of thiazole rings is 1. The average molecular weight is 792 g/mol. The molecule has 3 aromatic heterocycles. The van der Waals surface area contributed by atoms with Gasteiger partial charge in [0.25, 0.3) is 0 Å². The second-order valence-corrected chi connectivity index (χ2v) is 11.2. The molecule has 256 valence electrons. The molecule has 0 bridgehead atoms. The Hall–Kier alpha value is -5.43. The van der Waals surface area contributed by atoms with Crippen molar-refractivity contribution in [1.29, 1.82) is 5.26 Å². The van der Waals surface area contributed by atoms with Gasteiger partial charge >= 0.3 is 12.4 Å². The van der Waals surface area contributed by atoms with E-state index in [4.69, 9.17) is 17.6 Å². The first-order valence-electron chi connectivity index (χ1n) is 13.6. The normalized spacial score (nSPS) is 10.6. The molecule has 3 heterocycles. The summed E-state index contributed by atoms with van der Waals surface area (Å²) in [6.45, 7) is 7.02. The molecule has 0 amide bonds. The molecule has 0 aliphatic carbocycles. The first-order valence-corrected chi connectivity index (χ1v) is 16.0. The van der Waals surface area contributed by atoms with Crippen LogP contribution in [0.5, 0.6) is 0 Å². The van der Waals surface area contributed by atoms with Crippen LogP contribution in [-0.4, -0.2) is 31.2 Å². The molecule has 2 aromatic carbocycles. The molecule has 0 spiro atoms. The molecule has 0 unspecified atom stereocenters. The zero-order chi connectivity index (χ0) is 36.9. The second kappa shape index (κ2) is 17.8. The molecule has 0 saturated heterocycles. The van der Waals surface area contributed by atoms with E-state index in [1.165, 1.54) is 35.6 Å². The summed E-state index contributed by atoms with van der Waals surface area (Å²) in [5.74, 6) is 0.0417. The minimum Gasteiger partial charge on any atom is -0.376 e. The zero-order valence-electron chi connectivity index (χ0n) is 25.1. The molecule has 0 aliphatic heterocycles. The summed E-state index contributed by atoms with van der Waals surface area (Å²) in [7, 11) is 0. The maximum absolute atomic E-state index is 12.7. The lowest BCUT2D eigenvalue weighted by atomic mass is 10.1. The first-order chi connectivity index (χ1) is 23.6. The Balaban J connectivity index is 0.000000222. The summed E-state index contributed by atoms with van der Waals surface area (Å²) in [5, 5.41) is 16.0. The maximum atomic E-state index is 12.7. The highest BCUT2D eigenvalue weighted by Crippen LogP contribution is 2.31. The number of pyridine rings is 2. The number of hydrogen-bond acceptors (Lipinski definition) is 8. The lowest BCUT2D eigenvalue weighted by molar-refractivity contribution is -0.141. The predicted molar refractivity (Wildman–Crippen MR) is 185 cm³/mol.